The van der Waals surface area contributed by atoms with E-state index in [9.17, 15) is 4.79 Å². The van der Waals surface area contributed by atoms with Crippen LogP contribution in [0.2, 0.25) is 0 Å². The van der Waals surface area contributed by atoms with Gasteiger partial charge in [0.25, 0.3) is 0 Å². The van der Waals surface area contributed by atoms with Crippen molar-refractivity contribution in [1.82, 2.24) is 15.5 Å². The van der Waals surface area contributed by atoms with E-state index in [1.54, 1.807) is 12.3 Å². The fourth-order valence-corrected chi connectivity index (χ4v) is 3.31. The van der Waals surface area contributed by atoms with Gasteiger partial charge in [0.1, 0.15) is 12.3 Å². The average molecular weight is 334 g/mol. The molecule has 0 aliphatic carbocycles. The van der Waals surface area contributed by atoms with Gasteiger partial charge in [-0.25, -0.2) is 4.99 Å². The molecule has 2 aliphatic heterocycles. The Balaban J connectivity index is 1.52. The number of amides is 1. The van der Waals surface area contributed by atoms with Gasteiger partial charge in [0, 0.05) is 31.7 Å². The molecule has 0 radical (unpaired) electrons. The van der Waals surface area contributed by atoms with E-state index >= 15 is 0 Å². The number of rotatable bonds is 5. The van der Waals surface area contributed by atoms with Crippen LogP contribution >= 0.6 is 0 Å². The summed E-state index contributed by atoms with van der Waals surface area (Å²) in [5.74, 6) is 1.44. The maximum Gasteiger partial charge on any atom is 0.242 e. The summed E-state index contributed by atoms with van der Waals surface area (Å²) in [5, 5.41) is 6.11. The van der Waals surface area contributed by atoms with Crippen LogP contribution < -0.4 is 10.6 Å². The number of furan rings is 1. The van der Waals surface area contributed by atoms with Crippen LogP contribution in [0.25, 0.3) is 0 Å². The zero-order chi connectivity index (χ0) is 16.8. The fourth-order valence-electron chi connectivity index (χ4n) is 3.31. The van der Waals surface area contributed by atoms with E-state index in [4.69, 9.17) is 9.15 Å². The number of nitrogens with one attached hydrogen (secondary N) is 2. The number of carbonyl (C=O) groups excluding carboxylic acids is 1. The van der Waals surface area contributed by atoms with Crippen LogP contribution in [0.5, 0.6) is 0 Å². The molecule has 3 heterocycles. The Labute approximate surface area is 142 Å². The van der Waals surface area contributed by atoms with Gasteiger partial charge in [-0.15, -0.1) is 0 Å². The van der Waals surface area contributed by atoms with Crippen molar-refractivity contribution in [1.29, 1.82) is 0 Å². The molecule has 7 heteroatoms. The van der Waals surface area contributed by atoms with Gasteiger partial charge in [-0.3, -0.25) is 4.79 Å². The number of hydrogen-bond acceptors (Lipinski definition) is 4. The van der Waals surface area contributed by atoms with E-state index in [0.29, 0.717) is 6.54 Å². The summed E-state index contributed by atoms with van der Waals surface area (Å²) in [5.41, 5.74) is 0.276. The van der Waals surface area contributed by atoms with E-state index in [1.165, 1.54) is 0 Å². The molecule has 0 aromatic carbocycles. The molecular weight excluding hydrogens is 308 g/mol. The highest BCUT2D eigenvalue weighted by Gasteiger charge is 2.42. The summed E-state index contributed by atoms with van der Waals surface area (Å²) in [6.07, 6.45) is 3.84. The summed E-state index contributed by atoms with van der Waals surface area (Å²) < 4.78 is 10.8. The molecule has 1 unspecified atom stereocenters. The highest BCUT2D eigenvalue weighted by molar-refractivity contribution is 5.85. The standard InChI is InChI=1S/C17H26N4O3/c1-2-18-16(21-7-5-17(12-21)6-9-23-13-17)20-11-15(22)19-10-14-4-3-8-24-14/h3-4,8H,2,5-7,9-13H2,1H3,(H,18,20)(H,19,22). The summed E-state index contributed by atoms with van der Waals surface area (Å²) in [4.78, 5) is 18.7. The second-order valence-corrected chi connectivity index (χ2v) is 6.50. The van der Waals surface area contributed by atoms with E-state index in [-0.39, 0.29) is 17.9 Å². The Kier molecular flexibility index (Phi) is 5.40. The molecule has 1 aromatic rings. The second-order valence-electron chi connectivity index (χ2n) is 6.50. The third-order valence-corrected chi connectivity index (χ3v) is 4.67. The lowest BCUT2D eigenvalue weighted by Crippen LogP contribution is -2.42. The third-order valence-electron chi connectivity index (χ3n) is 4.67. The van der Waals surface area contributed by atoms with Crippen molar-refractivity contribution in [2.75, 3.05) is 39.4 Å². The summed E-state index contributed by atoms with van der Waals surface area (Å²) in [6, 6.07) is 3.64. The first kappa shape index (κ1) is 16.8. The summed E-state index contributed by atoms with van der Waals surface area (Å²) >= 11 is 0. The molecule has 7 nitrogen and oxygen atoms in total. The third kappa shape index (κ3) is 4.08. The predicted octanol–water partition coefficient (Wildman–Crippen LogP) is 0.974. The monoisotopic (exact) mass is 334 g/mol. The molecule has 1 aromatic heterocycles. The van der Waals surface area contributed by atoms with E-state index in [0.717, 1.165) is 57.4 Å². The first-order chi connectivity index (χ1) is 11.7. The molecule has 2 fully saturated rings. The van der Waals surface area contributed by atoms with Crippen molar-refractivity contribution in [3.05, 3.63) is 24.2 Å². The average Bonchev–Trinajstić information content (AvgIpc) is 3.33. The van der Waals surface area contributed by atoms with Gasteiger partial charge in [-0.2, -0.15) is 0 Å². The van der Waals surface area contributed by atoms with Crippen LogP contribution in [0.1, 0.15) is 25.5 Å². The van der Waals surface area contributed by atoms with Crippen molar-refractivity contribution in [3.8, 4) is 0 Å². The van der Waals surface area contributed by atoms with Gasteiger partial charge >= 0.3 is 0 Å². The van der Waals surface area contributed by atoms with Crippen LogP contribution in [-0.2, 0) is 16.1 Å². The van der Waals surface area contributed by atoms with Gasteiger partial charge in [0.05, 0.1) is 19.4 Å². The van der Waals surface area contributed by atoms with Gasteiger partial charge in [0.2, 0.25) is 5.91 Å². The van der Waals surface area contributed by atoms with Crippen molar-refractivity contribution >= 4 is 11.9 Å². The number of likely N-dealkylation sites (tertiary alicyclic amines) is 1. The minimum Gasteiger partial charge on any atom is -0.467 e. The lowest BCUT2D eigenvalue weighted by atomic mass is 9.87. The molecule has 0 saturated carbocycles. The quantitative estimate of drug-likeness (QED) is 0.620. The lowest BCUT2D eigenvalue weighted by Gasteiger charge is -2.24. The highest BCUT2D eigenvalue weighted by Crippen LogP contribution is 2.38. The largest absolute Gasteiger partial charge is 0.467 e. The van der Waals surface area contributed by atoms with E-state index < -0.39 is 0 Å². The molecular formula is C17H26N4O3. The number of aliphatic imine (C=N–C) groups is 1. The van der Waals surface area contributed by atoms with Crippen molar-refractivity contribution in [3.63, 3.8) is 0 Å². The number of hydrogen-bond donors (Lipinski definition) is 2. The maximum atomic E-state index is 12.0. The molecule has 3 rings (SSSR count). The van der Waals surface area contributed by atoms with Crippen molar-refractivity contribution in [2.45, 2.75) is 26.3 Å². The van der Waals surface area contributed by atoms with Gasteiger partial charge in [-0.05, 0) is 31.9 Å². The molecule has 0 bridgehead atoms. The molecule has 2 aliphatic rings. The number of carbonyl (C=O) groups is 1. The van der Waals surface area contributed by atoms with Crippen LogP contribution in [0.3, 0.4) is 0 Å². The smallest absolute Gasteiger partial charge is 0.242 e. The lowest BCUT2D eigenvalue weighted by molar-refractivity contribution is -0.119. The topological polar surface area (TPSA) is 79.1 Å². The predicted molar refractivity (Wildman–Crippen MR) is 90.6 cm³/mol. The second kappa shape index (κ2) is 7.70. The molecule has 1 atom stereocenters. The van der Waals surface area contributed by atoms with Crippen LogP contribution in [0.15, 0.2) is 27.8 Å². The normalized spacial score (nSPS) is 23.9. The number of guanidine groups is 1. The van der Waals surface area contributed by atoms with Gasteiger partial charge < -0.3 is 24.7 Å². The Bertz CT molecular complexity index is 564. The molecule has 132 valence electrons. The van der Waals surface area contributed by atoms with Crippen LogP contribution in [-0.4, -0.2) is 56.2 Å². The van der Waals surface area contributed by atoms with Gasteiger partial charge in [0.15, 0.2) is 5.96 Å². The van der Waals surface area contributed by atoms with Gasteiger partial charge in [-0.1, -0.05) is 0 Å². The molecule has 1 spiro atoms. The Morgan fingerprint density at radius 3 is 3.04 bits per heavy atom. The summed E-state index contributed by atoms with van der Waals surface area (Å²) in [6.45, 7) is 6.94. The summed E-state index contributed by atoms with van der Waals surface area (Å²) in [7, 11) is 0. The molecule has 2 saturated heterocycles. The number of nitrogens with zero attached hydrogens (tertiary/aromatic N) is 2. The van der Waals surface area contributed by atoms with E-state index in [1.807, 2.05) is 13.0 Å². The molecule has 1 amide bonds. The Morgan fingerprint density at radius 2 is 2.33 bits per heavy atom. The Morgan fingerprint density at radius 1 is 1.42 bits per heavy atom. The zero-order valence-electron chi connectivity index (χ0n) is 14.2. The SMILES string of the molecule is CCNC(=NCC(=O)NCc1ccco1)N1CCC2(CCOC2)C1. The number of ether oxygens (including phenoxy) is 1. The Hall–Kier alpha value is -2.02. The minimum absolute atomic E-state index is 0.111. The fraction of sp³-hybridized carbons (Fsp3) is 0.647. The zero-order valence-corrected chi connectivity index (χ0v) is 14.2. The van der Waals surface area contributed by atoms with Crippen LogP contribution in [0.4, 0.5) is 0 Å². The van der Waals surface area contributed by atoms with Crippen LogP contribution in [0, 0.1) is 5.41 Å². The molecule has 24 heavy (non-hydrogen) atoms. The first-order valence-electron chi connectivity index (χ1n) is 8.61. The first-order valence-corrected chi connectivity index (χ1v) is 8.61. The highest BCUT2D eigenvalue weighted by atomic mass is 16.5. The van der Waals surface area contributed by atoms with Crippen molar-refractivity contribution in [2.24, 2.45) is 10.4 Å². The minimum atomic E-state index is -0.111. The van der Waals surface area contributed by atoms with E-state index in [2.05, 4.69) is 20.5 Å². The maximum absolute atomic E-state index is 12.0. The van der Waals surface area contributed by atoms with Crippen molar-refractivity contribution < 1.29 is 13.9 Å². The molecule has 2 N–H and O–H groups in total.